The number of nitrogens with two attached hydrogens (primary N) is 1. The summed E-state index contributed by atoms with van der Waals surface area (Å²) in [5.74, 6) is -1.26. The predicted octanol–water partition coefficient (Wildman–Crippen LogP) is 3.86. The van der Waals surface area contributed by atoms with Gasteiger partial charge in [0.2, 0.25) is 0 Å². The summed E-state index contributed by atoms with van der Waals surface area (Å²) >= 11 is 3.34. The van der Waals surface area contributed by atoms with E-state index in [2.05, 4.69) is 21.0 Å². The van der Waals surface area contributed by atoms with Crippen molar-refractivity contribution in [1.82, 2.24) is 9.78 Å². The average molecular weight is 344 g/mol. The molecule has 1 unspecified atom stereocenters. The Balaban J connectivity index is 2.61. The molecule has 0 fully saturated rings. The molecule has 0 aliphatic heterocycles. The molecule has 1 aromatic heterocycles. The van der Waals surface area contributed by atoms with Gasteiger partial charge in [0.25, 0.3) is 0 Å². The van der Waals surface area contributed by atoms with Gasteiger partial charge in [0.1, 0.15) is 11.6 Å². The molecule has 0 aliphatic carbocycles. The van der Waals surface area contributed by atoms with Gasteiger partial charge in [-0.1, -0.05) is 6.07 Å². The van der Waals surface area contributed by atoms with Crippen molar-refractivity contribution < 1.29 is 8.78 Å². The quantitative estimate of drug-likeness (QED) is 0.919. The van der Waals surface area contributed by atoms with E-state index in [1.165, 1.54) is 12.1 Å². The number of nitrogens with zero attached hydrogens (tertiary/aromatic N) is 2. The van der Waals surface area contributed by atoms with Gasteiger partial charge < -0.3 is 5.73 Å². The normalized spacial score (nSPS) is 13.0. The van der Waals surface area contributed by atoms with Crippen molar-refractivity contribution in [2.75, 3.05) is 0 Å². The molecule has 0 saturated heterocycles. The molecular weight excluding hydrogens is 328 g/mol. The van der Waals surface area contributed by atoms with Crippen LogP contribution in [0.4, 0.5) is 8.78 Å². The zero-order valence-electron chi connectivity index (χ0n) is 11.5. The molecule has 6 heteroatoms. The zero-order chi connectivity index (χ0) is 15.0. The first-order chi connectivity index (χ1) is 9.34. The number of hydrogen-bond donors (Lipinski definition) is 1. The first kappa shape index (κ1) is 15.1. The smallest absolute Gasteiger partial charge is 0.134 e. The summed E-state index contributed by atoms with van der Waals surface area (Å²) in [6.45, 7) is 5.44. The van der Waals surface area contributed by atoms with E-state index in [9.17, 15) is 8.78 Å². The maximum atomic E-state index is 14.2. The van der Waals surface area contributed by atoms with Gasteiger partial charge in [0.15, 0.2) is 0 Å². The predicted molar refractivity (Wildman–Crippen MR) is 77.4 cm³/mol. The van der Waals surface area contributed by atoms with E-state index in [-0.39, 0.29) is 11.6 Å². The molecule has 1 aromatic carbocycles. The van der Waals surface area contributed by atoms with Crippen molar-refractivity contribution in [3.05, 3.63) is 51.3 Å². The maximum Gasteiger partial charge on any atom is 0.134 e. The van der Waals surface area contributed by atoms with Crippen molar-refractivity contribution in [2.45, 2.75) is 32.9 Å². The highest BCUT2D eigenvalue weighted by molar-refractivity contribution is 9.10. The number of aromatic nitrogens is 2. The molecule has 2 rings (SSSR count). The fourth-order valence-corrected chi connectivity index (χ4v) is 2.67. The Labute approximate surface area is 124 Å². The summed E-state index contributed by atoms with van der Waals surface area (Å²) < 4.78 is 30.5. The lowest BCUT2D eigenvalue weighted by atomic mass is 10.0. The topological polar surface area (TPSA) is 43.8 Å². The molecule has 2 N–H and O–H groups in total. The minimum absolute atomic E-state index is 0.0401. The fraction of sp³-hybridized carbons (Fsp3) is 0.357. The van der Waals surface area contributed by atoms with Gasteiger partial charge in [0.05, 0.1) is 22.4 Å². The van der Waals surface area contributed by atoms with E-state index in [1.807, 2.05) is 13.8 Å². The summed E-state index contributed by atoms with van der Waals surface area (Å²) in [7, 11) is 0. The first-order valence-electron chi connectivity index (χ1n) is 6.27. The van der Waals surface area contributed by atoms with Crippen molar-refractivity contribution in [2.24, 2.45) is 5.73 Å². The Kier molecular flexibility index (Phi) is 4.25. The number of aryl methyl sites for hydroxylation is 1. The monoisotopic (exact) mass is 343 g/mol. The van der Waals surface area contributed by atoms with Gasteiger partial charge >= 0.3 is 0 Å². The fourth-order valence-electron chi connectivity index (χ4n) is 2.15. The van der Waals surface area contributed by atoms with E-state index >= 15 is 0 Å². The Morgan fingerprint density at radius 3 is 2.55 bits per heavy atom. The molecule has 0 saturated carbocycles. The minimum atomic E-state index is -0.922. The molecule has 0 aliphatic rings. The van der Waals surface area contributed by atoms with E-state index in [0.29, 0.717) is 15.7 Å². The lowest BCUT2D eigenvalue weighted by Crippen LogP contribution is -2.22. The second-order valence-electron chi connectivity index (χ2n) is 4.99. The highest BCUT2D eigenvalue weighted by Gasteiger charge is 2.25. The van der Waals surface area contributed by atoms with E-state index in [1.54, 1.807) is 17.8 Å². The minimum Gasteiger partial charge on any atom is -0.319 e. The second kappa shape index (κ2) is 5.61. The van der Waals surface area contributed by atoms with E-state index < -0.39 is 17.7 Å². The highest BCUT2D eigenvalue weighted by Crippen LogP contribution is 2.32. The Bertz CT molecular complexity index is 638. The van der Waals surface area contributed by atoms with Gasteiger partial charge in [-0.2, -0.15) is 5.10 Å². The zero-order valence-corrected chi connectivity index (χ0v) is 13.1. The molecule has 1 atom stereocenters. The van der Waals surface area contributed by atoms with Crippen LogP contribution < -0.4 is 5.73 Å². The number of benzene rings is 1. The van der Waals surface area contributed by atoms with Crippen molar-refractivity contribution in [1.29, 1.82) is 0 Å². The molecule has 20 heavy (non-hydrogen) atoms. The van der Waals surface area contributed by atoms with E-state index in [4.69, 9.17) is 5.73 Å². The third kappa shape index (κ3) is 2.50. The maximum absolute atomic E-state index is 14.2. The number of rotatable bonds is 3. The van der Waals surface area contributed by atoms with Crippen LogP contribution in [-0.2, 0) is 0 Å². The molecule has 0 amide bonds. The SMILES string of the molecule is Cc1ccc(F)c(C(N)c2c(Br)cnn2C(C)C)c1F. The van der Waals surface area contributed by atoms with Gasteiger partial charge in [0, 0.05) is 11.6 Å². The molecule has 0 radical (unpaired) electrons. The highest BCUT2D eigenvalue weighted by atomic mass is 79.9. The second-order valence-corrected chi connectivity index (χ2v) is 5.84. The largest absolute Gasteiger partial charge is 0.319 e. The Hall–Kier alpha value is -1.27. The van der Waals surface area contributed by atoms with Crippen LogP contribution in [0.5, 0.6) is 0 Å². The summed E-state index contributed by atoms with van der Waals surface area (Å²) in [5, 5.41) is 4.19. The van der Waals surface area contributed by atoms with Gasteiger partial charge in [-0.25, -0.2) is 8.78 Å². The van der Waals surface area contributed by atoms with E-state index in [0.717, 1.165) is 0 Å². The van der Waals surface area contributed by atoms with Gasteiger partial charge in [-0.3, -0.25) is 4.68 Å². The van der Waals surface area contributed by atoms with Crippen LogP contribution in [-0.4, -0.2) is 9.78 Å². The summed E-state index contributed by atoms with van der Waals surface area (Å²) in [5.41, 5.74) is 6.89. The van der Waals surface area contributed by atoms with Crippen LogP contribution in [0.3, 0.4) is 0 Å². The standard InChI is InChI=1S/C14H16BrF2N3/c1-7(2)20-14(9(15)6-19-20)13(18)11-10(16)5-4-8(3)12(11)17/h4-7,13H,18H2,1-3H3. The third-order valence-electron chi connectivity index (χ3n) is 3.20. The average Bonchev–Trinajstić information content (AvgIpc) is 2.76. The summed E-state index contributed by atoms with van der Waals surface area (Å²) in [6.07, 6.45) is 1.58. The Morgan fingerprint density at radius 2 is 1.95 bits per heavy atom. The molecule has 0 spiro atoms. The van der Waals surface area contributed by atoms with Crippen molar-refractivity contribution >= 4 is 15.9 Å². The van der Waals surface area contributed by atoms with Crippen LogP contribution >= 0.6 is 15.9 Å². The van der Waals surface area contributed by atoms with Crippen molar-refractivity contribution in [3.8, 4) is 0 Å². The van der Waals surface area contributed by atoms with Gasteiger partial charge in [-0.15, -0.1) is 0 Å². The molecule has 1 heterocycles. The number of hydrogen-bond acceptors (Lipinski definition) is 2. The van der Waals surface area contributed by atoms with Crippen LogP contribution in [0.2, 0.25) is 0 Å². The molecule has 2 aromatic rings. The van der Waals surface area contributed by atoms with Gasteiger partial charge in [-0.05, 0) is 48.3 Å². The first-order valence-corrected chi connectivity index (χ1v) is 7.06. The van der Waals surface area contributed by atoms with Crippen LogP contribution in [0.25, 0.3) is 0 Å². The van der Waals surface area contributed by atoms with Crippen LogP contribution in [0.15, 0.2) is 22.8 Å². The third-order valence-corrected chi connectivity index (χ3v) is 3.81. The summed E-state index contributed by atoms with van der Waals surface area (Å²) in [4.78, 5) is 0. The molecular formula is C14H16BrF2N3. The van der Waals surface area contributed by atoms with Crippen molar-refractivity contribution in [3.63, 3.8) is 0 Å². The Morgan fingerprint density at radius 1 is 1.30 bits per heavy atom. The molecule has 108 valence electrons. The number of halogens is 3. The van der Waals surface area contributed by atoms with Crippen LogP contribution in [0, 0.1) is 18.6 Å². The lowest BCUT2D eigenvalue weighted by molar-refractivity contribution is 0.481. The van der Waals surface area contributed by atoms with Crippen LogP contribution in [0.1, 0.15) is 42.8 Å². The molecule has 0 bridgehead atoms. The molecule has 3 nitrogen and oxygen atoms in total. The summed E-state index contributed by atoms with van der Waals surface area (Å²) in [6, 6.07) is 1.75. The lowest BCUT2D eigenvalue weighted by Gasteiger charge is -2.19.